The lowest BCUT2D eigenvalue weighted by Gasteiger charge is -2.10. The minimum atomic E-state index is -0.267. The van der Waals surface area contributed by atoms with Crippen LogP contribution in [0.2, 0.25) is 0 Å². The molecule has 0 amide bonds. The van der Waals surface area contributed by atoms with Gasteiger partial charge in [0.1, 0.15) is 0 Å². The van der Waals surface area contributed by atoms with Crippen molar-refractivity contribution >= 4 is 0 Å². The van der Waals surface area contributed by atoms with Crippen molar-refractivity contribution in [3.8, 4) is 0 Å². The molecule has 12 heavy (non-hydrogen) atoms. The molecule has 5 nitrogen and oxygen atoms in total. The molecule has 1 aromatic rings. The highest BCUT2D eigenvalue weighted by Crippen LogP contribution is 1.75. The van der Waals surface area contributed by atoms with Crippen molar-refractivity contribution in [1.29, 1.82) is 0 Å². The molecule has 0 saturated carbocycles. The van der Waals surface area contributed by atoms with Crippen LogP contribution in [0.5, 0.6) is 0 Å². The molecule has 0 aliphatic heterocycles. The van der Waals surface area contributed by atoms with E-state index in [9.17, 15) is 9.59 Å². The van der Waals surface area contributed by atoms with Crippen LogP contribution in [0.3, 0.4) is 0 Å². The number of aromatic amines is 1. The number of hydrogen-bond acceptors (Lipinski definition) is 3. The van der Waals surface area contributed by atoms with Crippen LogP contribution in [0.25, 0.3) is 0 Å². The van der Waals surface area contributed by atoms with Crippen LogP contribution in [-0.4, -0.2) is 28.8 Å². The van der Waals surface area contributed by atoms with Crippen molar-refractivity contribution in [2.45, 2.75) is 6.67 Å². The van der Waals surface area contributed by atoms with Crippen molar-refractivity contribution in [2.24, 2.45) is 0 Å². The number of aromatic nitrogens is 2. The van der Waals surface area contributed by atoms with Gasteiger partial charge in [-0.3, -0.25) is 19.6 Å². The standard InChI is InChI=1S/C7H11N3O2/c1-9(2)5-10-7(12)4-3-6(11)8-10/h3-4H,5H2,1-2H3,(H,8,11). The van der Waals surface area contributed by atoms with Crippen LogP contribution in [0.4, 0.5) is 0 Å². The van der Waals surface area contributed by atoms with Gasteiger partial charge in [0.25, 0.3) is 11.1 Å². The molecule has 1 heterocycles. The second-order valence-corrected chi connectivity index (χ2v) is 2.80. The predicted molar refractivity (Wildman–Crippen MR) is 45.0 cm³/mol. The molecule has 1 N–H and O–H groups in total. The van der Waals surface area contributed by atoms with E-state index in [0.29, 0.717) is 6.67 Å². The molecule has 0 bridgehead atoms. The van der Waals surface area contributed by atoms with Gasteiger partial charge in [0.15, 0.2) is 0 Å². The summed E-state index contributed by atoms with van der Waals surface area (Å²) in [5.41, 5.74) is -0.472. The van der Waals surface area contributed by atoms with Crippen LogP contribution in [-0.2, 0) is 6.67 Å². The van der Waals surface area contributed by atoms with Crippen LogP contribution in [0.15, 0.2) is 21.7 Å². The molecule has 0 aromatic carbocycles. The maximum Gasteiger partial charge on any atom is 0.266 e. The number of nitrogens with one attached hydrogen (secondary N) is 1. The molecular formula is C7H11N3O2. The Balaban J connectivity index is 3.06. The monoisotopic (exact) mass is 169 g/mol. The number of nitrogens with zero attached hydrogens (tertiary/aromatic N) is 2. The number of rotatable bonds is 2. The summed E-state index contributed by atoms with van der Waals surface area (Å²) in [6.45, 7) is 0.384. The molecule has 0 aliphatic carbocycles. The van der Waals surface area contributed by atoms with E-state index >= 15 is 0 Å². The van der Waals surface area contributed by atoms with Crippen molar-refractivity contribution in [3.05, 3.63) is 32.8 Å². The molecule has 0 fully saturated rings. The first kappa shape index (κ1) is 8.73. The Morgan fingerprint density at radius 1 is 1.42 bits per heavy atom. The second kappa shape index (κ2) is 3.36. The normalized spacial score (nSPS) is 10.6. The van der Waals surface area contributed by atoms with E-state index in [4.69, 9.17) is 0 Å². The third-order valence-corrected chi connectivity index (χ3v) is 1.31. The van der Waals surface area contributed by atoms with Gasteiger partial charge in [-0.05, 0) is 14.1 Å². The van der Waals surface area contributed by atoms with Crippen molar-refractivity contribution in [2.75, 3.05) is 14.1 Å². The summed E-state index contributed by atoms with van der Waals surface area (Å²) in [6, 6.07) is 2.47. The van der Waals surface area contributed by atoms with Gasteiger partial charge in [-0.25, -0.2) is 4.68 Å². The van der Waals surface area contributed by atoms with E-state index in [1.54, 1.807) is 4.90 Å². The summed E-state index contributed by atoms with van der Waals surface area (Å²) in [4.78, 5) is 23.7. The summed E-state index contributed by atoms with van der Waals surface area (Å²) in [5.74, 6) is 0. The van der Waals surface area contributed by atoms with Crippen LogP contribution in [0, 0.1) is 0 Å². The lowest BCUT2D eigenvalue weighted by Crippen LogP contribution is -2.32. The van der Waals surface area contributed by atoms with Gasteiger partial charge in [-0.15, -0.1) is 0 Å². The zero-order valence-corrected chi connectivity index (χ0v) is 7.07. The summed E-state index contributed by atoms with van der Waals surface area (Å²) in [6.07, 6.45) is 0. The smallest absolute Gasteiger partial charge is 0.266 e. The zero-order chi connectivity index (χ0) is 9.14. The zero-order valence-electron chi connectivity index (χ0n) is 7.07. The summed E-state index contributed by atoms with van der Waals surface area (Å²) < 4.78 is 1.25. The average Bonchev–Trinajstić information content (AvgIpc) is 1.96. The van der Waals surface area contributed by atoms with Crippen LogP contribution in [0.1, 0.15) is 0 Å². The fraction of sp³-hybridized carbons (Fsp3) is 0.429. The van der Waals surface area contributed by atoms with Gasteiger partial charge in [0.05, 0.1) is 6.67 Å². The molecule has 66 valence electrons. The van der Waals surface area contributed by atoms with E-state index in [1.807, 2.05) is 14.1 Å². The highest BCUT2D eigenvalue weighted by Gasteiger charge is 1.96. The average molecular weight is 169 g/mol. The van der Waals surface area contributed by atoms with Gasteiger partial charge in [0.2, 0.25) is 0 Å². The third-order valence-electron chi connectivity index (χ3n) is 1.31. The molecule has 0 saturated heterocycles. The van der Waals surface area contributed by atoms with Crippen molar-refractivity contribution < 1.29 is 0 Å². The summed E-state index contributed by atoms with van der Waals surface area (Å²) >= 11 is 0. The first-order chi connectivity index (χ1) is 5.59. The molecule has 0 atom stereocenters. The Hall–Kier alpha value is -1.36. The number of hydrogen-bond donors (Lipinski definition) is 1. The van der Waals surface area contributed by atoms with Gasteiger partial charge in [-0.2, -0.15) is 0 Å². The Morgan fingerprint density at radius 2 is 2.08 bits per heavy atom. The molecule has 0 aliphatic rings. The lowest BCUT2D eigenvalue weighted by molar-refractivity contribution is 0.296. The third kappa shape index (κ3) is 2.06. The Morgan fingerprint density at radius 3 is 2.67 bits per heavy atom. The summed E-state index contributed by atoms with van der Waals surface area (Å²) in [7, 11) is 3.63. The predicted octanol–water partition coefficient (Wildman–Crippen LogP) is -0.944. The van der Waals surface area contributed by atoms with Gasteiger partial charge in [0, 0.05) is 12.1 Å². The highest BCUT2D eigenvalue weighted by molar-refractivity contribution is 4.85. The highest BCUT2D eigenvalue weighted by atomic mass is 16.1. The molecule has 0 spiro atoms. The maximum absolute atomic E-state index is 11.1. The van der Waals surface area contributed by atoms with Gasteiger partial charge in [-0.1, -0.05) is 0 Å². The van der Waals surface area contributed by atoms with E-state index in [0.717, 1.165) is 0 Å². The summed E-state index contributed by atoms with van der Waals surface area (Å²) in [5, 5.41) is 2.41. The Kier molecular flexibility index (Phi) is 2.44. The molecule has 1 aromatic heterocycles. The molecule has 1 rings (SSSR count). The van der Waals surface area contributed by atoms with Gasteiger partial charge < -0.3 is 0 Å². The second-order valence-electron chi connectivity index (χ2n) is 2.80. The fourth-order valence-electron chi connectivity index (χ4n) is 0.850. The van der Waals surface area contributed by atoms with E-state index < -0.39 is 0 Å². The largest absolute Gasteiger partial charge is 0.291 e. The fourth-order valence-corrected chi connectivity index (χ4v) is 0.850. The topological polar surface area (TPSA) is 58.1 Å². The van der Waals surface area contributed by atoms with Crippen molar-refractivity contribution in [1.82, 2.24) is 14.7 Å². The van der Waals surface area contributed by atoms with E-state index in [2.05, 4.69) is 5.10 Å². The SMILES string of the molecule is CN(C)Cn1[nH]c(=O)ccc1=O. The first-order valence-electron chi connectivity index (χ1n) is 3.54. The lowest BCUT2D eigenvalue weighted by atomic mass is 10.6. The minimum Gasteiger partial charge on any atom is -0.291 e. The Labute approximate surface area is 69.2 Å². The quantitative estimate of drug-likeness (QED) is 0.621. The molecular weight excluding hydrogens is 158 g/mol. The van der Waals surface area contributed by atoms with E-state index in [1.165, 1.54) is 16.8 Å². The van der Waals surface area contributed by atoms with Crippen molar-refractivity contribution in [3.63, 3.8) is 0 Å². The molecule has 0 radical (unpaired) electrons. The first-order valence-corrected chi connectivity index (χ1v) is 3.54. The maximum atomic E-state index is 11.1. The molecule has 0 unspecified atom stereocenters. The Bertz CT molecular complexity index is 363. The molecule has 5 heteroatoms. The van der Waals surface area contributed by atoms with E-state index in [-0.39, 0.29) is 11.1 Å². The van der Waals surface area contributed by atoms with Gasteiger partial charge >= 0.3 is 0 Å². The van der Waals surface area contributed by atoms with Crippen LogP contribution >= 0.6 is 0 Å². The minimum absolute atomic E-state index is 0.205. The number of H-pyrrole nitrogens is 1. The van der Waals surface area contributed by atoms with Crippen LogP contribution < -0.4 is 11.1 Å².